The van der Waals surface area contributed by atoms with Gasteiger partial charge in [0.1, 0.15) is 0 Å². The van der Waals surface area contributed by atoms with Crippen molar-refractivity contribution in [2.45, 2.75) is 12.8 Å². The first-order chi connectivity index (χ1) is 10.3. The quantitative estimate of drug-likeness (QED) is 0.818. The zero-order chi connectivity index (χ0) is 14.7. The molecule has 4 nitrogen and oxygen atoms in total. The SMILES string of the molecule is O=C(c1cnn(-c2ccccc2)c1)N1CCC(CCl)CC1. The van der Waals surface area contributed by atoms with Gasteiger partial charge in [-0.2, -0.15) is 5.10 Å². The Labute approximate surface area is 129 Å². The first-order valence-corrected chi connectivity index (χ1v) is 7.76. The summed E-state index contributed by atoms with van der Waals surface area (Å²) in [6.07, 6.45) is 5.42. The van der Waals surface area contributed by atoms with Crippen molar-refractivity contribution in [2.24, 2.45) is 5.92 Å². The van der Waals surface area contributed by atoms with E-state index < -0.39 is 0 Å². The van der Waals surface area contributed by atoms with Gasteiger partial charge < -0.3 is 4.90 Å². The van der Waals surface area contributed by atoms with Crippen molar-refractivity contribution in [2.75, 3.05) is 19.0 Å². The molecule has 0 spiro atoms. The maximum absolute atomic E-state index is 12.5. The molecule has 1 aromatic heterocycles. The summed E-state index contributed by atoms with van der Waals surface area (Å²) < 4.78 is 1.73. The van der Waals surface area contributed by atoms with E-state index in [1.165, 1.54) is 0 Å². The average molecular weight is 304 g/mol. The van der Waals surface area contributed by atoms with Crippen LogP contribution in [0.2, 0.25) is 0 Å². The molecule has 0 N–H and O–H groups in total. The third kappa shape index (κ3) is 3.10. The van der Waals surface area contributed by atoms with Crippen LogP contribution in [0.25, 0.3) is 5.69 Å². The highest BCUT2D eigenvalue weighted by Gasteiger charge is 2.23. The molecular formula is C16H18ClN3O. The number of rotatable bonds is 3. The molecule has 1 aliphatic heterocycles. The van der Waals surface area contributed by atoms with Gasteiger partial charge >= 0.3 is 0 Å². The third-order valence-electron chi connectivity index (χ3n) is 3.97. The Morgan fingerprint density at radius 3 is 2.62 bits per heavy atom. The van der Waals surface area contributed by atoms with Gasteiger partial charge in [0.15, 0.2) is 0 Å². The van der Waals surface area contributed by atoms with E-state index in [4.69, 9.17) is 11.6 Å². The Balaban J connectivity index is 1.70. The number of para-hydroxylation sites is 1. The molecule has 5 heteroatoms. The minimum Gasteiger partial charge on any atom is -0.339 e. The standard InChI is InChI=1S/C16H18ClN3O/c17-10-13-6-8-19(9-7-13)16(21)14-11-18-20(12-14)15-4-2-1-3-5-15/h1-5,11-13H,6-10H2. The molecule has 0 aliphatic carbocycles. The zero-order valence-corrected chi connectivity index (χ0v) is 12.5. The van der Waals surface area contributed by atoms with Crippen molar-refractivity contribution in [3.63, 3.8) is 0 Å². The molecule has 1 amide bonds. The number of carbonyl (C=O) groups excluding carboxylic acids is 1. The van der Waals surface area contributed by atoms with Gasteiger partial charge in [-0.15, -0.1) is 11.6 Å². The fourth-order valence-corrected chi connectivity index (χ4v) is 2.94. The Hall–Kier alpha value is -1.81. The lowest BCUT2D eigenvalue weighted by molar-refractivity contribution is 0.0698. The van der Waals surface area contributed by atoms with Crippen molar-refractivity contribution in [1.82, 2.24) is 14.7 Å². The molecule has 0 bridgehead atoms. The second-order valence-electron chi connectivity index (χ2n) is 5.40. The first-order valence-electron chi connectivity index (χ1n) is 7.23. The van der Waals surface area contributed by atoms with Gasteiger partial charge in [0.25, 0.3) is 5.91 Å². The molecule has 110 valence electrons. The number of hydrogen-bond donors (Lipinski definition) is 0. The Kier molecular flexibility index (Phi) is 4.25. The summed E-state index contributed by atoms with van der Waals surface area (Å²) in [7, 11) is 0. The Morgan fingerprint density at radius 2 is 1.95 bits per heavy atom. The molecule has 1 aromatic carbocycles. The molecule has 1 fully saturated rings. The van der Waals surface area contributed by atoms with Gasteiger partial charge in [-0.25, -0.2) is 4.68 Å². The normalized spacial score (nSPS) is 16.1. The van der Waals surface area contributed by atoms with E-state index in [9.17, 15) is 4.79 Å². The summed E-state index contributed by atoms with van der Waals surface area (Å²) in [5, 5.41) is 4.28. The highest BCUT2D eigenvalue weighted by atomic mass is 35.5. The van der Waals surface area contributed by atoms with Crippen LogP contribution in [0.3, 0.4) is 0 Å². The lowest BCUT2D eigenvalue weighted by atomic mass is 9.98. The molecule has 2 aromatic rings. The van der Waals surface area contributed by atoms with Crippen molar-refractivity contribution in [3.8, 4) is 5.69 Å². The number of piperidine rings is 1. The van der Waals surface area contributed by atoms with E-state index in [-0.39, 0.29) is 5.91 Å². The molecule has 2 heterocycles. The third-order valence-corrected chi connectivity index (χ3v) is 4.41. The smallest absolute Gasteiger partial charge is 0.257 e. The van der Waals surface area contributed by atoms with Crippen LogP contribution < -0.4 is 0 Å². The van der Waals surface area contributed by atoms with Gasteiger partial charge in [0.05, 0.1) is 17.4 Å². The fraction of sp³-hybridized carbons (Fsp3) is 0.375. The molecule has 21 heavy (non-hydrogen) atoms. The highest BCUT2D eigenvalue weighted by molar-refractivity contribution is 6.18. The largest absolute Gasteiger partial charge is 0.339 e. The summed E-state index contributed by atoms with van der Waals surface area (Å²) in [5.41, 5.74) is 1.60. The topological polar surface area (TPSA) is 38.1 Å². The Bertz CT molecular complexity index is 603. The first kappa shape index (κ1) is 14.1. The lowest BCUT2D eigenvalue weighted by Crippen LogP contribution is -2.38. The second-order valence-corrected chi connectivity index (χ2v) is 5.71. The van der Waals surface area contributed by atoms with Crippen LogP contribution in [0.4, 0.5) is 0 Å². The number of benzene rings is 1. The summed E-state index contributed by atoms with van der Waals surface area (Å²) >= 11 is 5.88. The number of amides is 1. The van der Waals surface area contributed by atoms with Crippen molar-refractivity contribution in [3.05, 3.63) is 48.3 Å². The summed E-state index contributed by atoms with van der Waals surface area (Å²) in [4.78, 5) is 14.4. The molecule has 0 unspecified atom stereocenters. The van der Waals surface area contributed by atoms with E-state index in [2.05, 4.69) is 5.10 Å². The van der Waals surface area contributed by atoms with Crippen molar-refractivity contribution < 1.29 is 4.79 Å². The maximum atomic E-state index is 12.5. The lowest BCUT2D eigenvalue weighted by Gasteiger charge is -2.30. The summed E-state index contributed by atoms with van der Waals surface area (Å²) in [5.74, 6) is 1.29. The molecular weight excluding hydrogens is 286 g/mol. The van der Waals surface area contributed by atoms with Gasteiger partial charge in [-0.05, 0) is 30.9 Å². The van der Waals surface area contributed by atoms with Crippen LogP contribution in [0.5, 0.6) is 0 Å². The number of alkyl halides is 1. The predicted octanol–water partition coefficient (Wildman–Crippen LogP) is 2.96. The van der Waals surface area contributed by atoms with Crippen LogP contribution in [0.15, 0.2) is 42.7 Å². The van der Waals surface area contributed by atoms with E-state index in [1.807, 2.05) is 35.2 Å². The molecule has 0 saturated carbocycles. The van der Waals surface area contributed by atoms with Gasteiger partial charge in [-0.1, -0.05) is 18.2 Å². The second kappa shape index (κ2) is 6.31. The zero-order valence-electron chi connectivity index (χ0n) is 11.8. The summed E-state index contributed by atoms with van der Waals surface area (Å²) in [6, 6.07) is 9.80. The van der Waals surface area contributed by atoms with Gasteiger partial charge in [-0.3, -0.25) is 4.79 Å². The van der Waals surface area contributed by atoms with Crippen LogP contribution in [-0.4, -0.2) is 39.6 Å². The van der Waals surface area contributed by atoms with Gasteiger partial charge in [0.2, 0.25) is 0 Å². The molecule has 1 aliphatic rings. The Morgan fingerprint density at radius 1 is 1.24 bits per heavy atom. The fourth-order valence-electron chi connectivity index (χ4n) is 2.63. The minimum absolute atomic E-state index is 0.0604. The summed E-state index contributed by atoms with van der Waals surface area (Å²) in [6.45, 7) is 1.57. The van der Waals surface area contributed by atoms with E-state index in [0.29, 0.717) is 17.4 Å². The van der Waals surface area contributed by atoms with E-state index in [0.717, 1.165) is 31.6 Å². The average Bonchev–Trinajstić information content (AvgIpc) is 3.05. The van der Waals surface area contributed by atoms with Crippen LogP contribution >= 0.6 is 11.6 Å². The minimum atomic E-state index is 0.0604. The number of likely N-dealkylation sites (tertiary alicyclic amines) is 1. The van der Waals surface area contributed by atoms with E-state index >= 15 is 0 Å². The van der Waals surface area contributed by atoms with Crippen LogP contribution in [-0.2, 0) is 0 Å². The number of aromatic nitrogens is 2. The number of carbonyl (C=O) groups is 1. The van der Waals surface area contributed by atoms with E-state index in [1.54, 1.807) is 17.1 Å². The maximum Gasteiger partial charge on any atom is 0.257 e. The van der Waals surface area contributed by atoms with Crippen LogP contribution in [0.1, 0.15) is 23.2 Å². The predicted molar refractivity (Wildman–Crippen MR) is 82.9 cm³/mol. The molecule has 1 saturated heterocycles. The molecule has 0 radical (unpaired) electrons. The van der Waals surface area contributed by atoms with Gasteiger partial charge in [0, 0.05) is 25.2 Å². The number of halogens is 1. The number of nitrogens with zero attached hydrogens (tertiary/aromatic N) is 3. The highest BCUT2D eigenvalue weighted by Crippen LogP contribution is 2.20. The molecule has 3 rings (SSSR count). The monoisotopic (exact) mass is 303 g/mol. The van der Waals surface area contributed by atoms with Crippen LogP contribution in [0, 0.1) is 5.92 Å². The number of hydrogen-bond acceptors (Lipinski definition) is 2. The molecule has 0 atom stereocenters. The van der Waals surface area contributed by atoms with Crippen molar-refractivity contribution >= 4 is 17.5 Å². The van der Waals surface area contributed by atoms with Crippen molar-refractivity contribution in [1.29, 1.82) is 0 Å².